The Morgan fingerprint density at radius 3 is 1.39 bits per heavy atom. The first-order valence-corrected chi connectivity index (χ1v) is 17.2. The zero-order chi connectivity index (χ0) is 30.2. The Bertz CT molecular complexity index is 612. The van der Waals surface area contributed by atoms with Gasteiger partial charge in [0.05, 0.1) is 6.61 Å². The van der Waals surface area contributed by atoms with Crippen molar-refractivity contribution in [2.45, 2.75) is 180 Å². The van der Waals surface area contributed by atoms with E-state index in [4.69, 9.17) is 9.47 Å². The van der Waals surface area contributed by atoms with Gasteiger partial charge in [-0.3, -0.25) is 14.4 Å². The molecule has 0 saturated carbocycles. The van der Waals surface area contributed by atoms with Crippen molar-refractivity contribution in [1.29, 1.82) is 0 Å². The van der Waals surface area contributed by atoms with E-state index in [0.717, 1.165) is 51.5 Å². The first-order chi connectivity index (χ1) is 20.0. The minimum absolute atomic E-state index is 0.0510. The molecule has 2 N–H and O–H groups in total. The summed E-state index contributed by atoms with van der Waals surface area (Å²) in [5, 5.41) is 12.3. The zero-order valence-corrected chi connectivity index (χ0v) is 26.9. The maximum Gasteiger partial charge on any atom is 0.306 e. The molecule has 0 radical (unpaired) electrons. The molecule has 0 aliphatic heterocycles. The molecule has 0 unspecified atom stereocenters. The Balaban J connectivity index is 3.53. The lowest BCUT2D eigenvalue weighted by Gasteiger charge is -2.15. The molecule has 0 rings (SSSR count). The van der Waals surface area contributed by atoms with Crippen LogP contribution in [-0.2, 0) is 23.9 Å². The summed E-state index contributed by atoms with van der Waals surface area (Å²) in [6.07, 6.45) is 27.5. The van der Waals surface area contributed by atoms with E-state index in [1.54, 1.807) is 6.92 Å². The highest BCUT2D eigenvalue weighted by atomic mass is 16.6. The Morgan fingerprint density at radius 2 is 0.976 bits per heavy atom. The zero-order valence-electron chi connectivity index (χ0n) is 26.9. The van der Waals surface area contributed by atoms with Crippen LogP contribution in [0.25, 0.3) is 0 Å². The second-order valence-corrected chi connectivity index (χ2v) is 11.7. The lowest BCUT2D eigenvalue weighted by atomic mass is 10.0. The molecule has 0 heterocycles. The highest BCUT2D eigenvalue weighted by Crippen LogP contribution is 2.14. The van der Waals surface area contributed by atoms with E-state index in [2.05, 4.69) is 12.2 Å². The van der Waals surface area contributed by atoms with Gasteiger partial charge in [0.25, 0.3) is 0 Å². The molecule has 1 amide bonds. The predicted octanol–water partition coefficient (Wildman–Crippen LogP) is 8.34. The number of ether oxygens (including phenoxy) is 2. The quantitative estimate of drug-likeness (QED) is 0.0628. The number of aliphatic hydroxyl groups excluding tert-OH is 1. The van der Waals surface area contributed by atoms with Gasteiger partial charge in [-0.1, -0.05) is 135 Å². The van der Waals surface area contributed by atoms with Gasteiger partial charge in [0.1, 0.15) is 6.61 Å². The molecule has 0 aromatic carbocycles. The van der Waals surface area contributed by atoms with Crippen LogP contribution in [0.2, 0.25) is 0 Å². The number of hydrogen-bond acceptors (Lipinski definition) is 6. The molecule has 242 valence electrons. The fourth-order valence-electron chi connectivity index (χ4n) is 4.99. The maximum atomic E-state index is 12.1. The van der Waals surface area contributed by atoms with E-state index in [1.807, 2.05) is 0 Å². The minimum atomic E-state index is -0.777. The van der Waals surface area contributed by atoms with Gasteiger partial charge >= 0.3 is 11.9 Å². The topological polar surface area (TPSA) is 102 Å². The number of amides is 1. The molecule has 7 heteroatoms. The van der Waals surface area contributed by atoms with Gasteiger partial charge in [0.2, 0.25) is 5.91 Å². The third kappa shape index (κ3) is 31.1. The van der Waals surface area contributed by atoms with Crippen LogP contribution < -0.4 is 5.32 Å². The summed E-state index contributed by atoms with van der Waals surface area (Å²) in [4.78, 5) is 34.9. The number of rotatable bonds is 31. The largest absolute Gasteiger partial charge is 0.462 e. The number of carbonyl (C=O) groups excluding carboxylic acids is 3. The maximum absolute atomic E-state index is 12.1. The van der Waals surface area contributed by atoms with E-state index < -0.39 is 6.10 Å². The smallest absolute Gasteiger partial charge is 0.306 e. The molecule has 0 fully saturated rings. The van der Waals surface area contributed by atoms with Crippen molar-refractivity contribution in [3.63, 3.8) is 0 Å². The summed E-state index contributed by atoms with van der Waals surface area (Å²) < 4.78 is 10.5. The van der Waals surface area contributed by atoms with Crippen LogP contribution in [0.4, 0.5) is 0 Å². The monoisotopic (exact) mass is 583 g/mol. The average Bonchev–Trinajstić information content (AvgIpc) is 2.95. The Labute approximate surface area is 252 Å². The van der Waals surface area contributed by atoms with E-state index in [1.165, 1.54) is 103 Å². The molecule has 0 aliphatic rings. The SMILES string of the molecule is CCCCCCCCCCCCCCC(=O)O[C@H](CO)COC(=O)CCCCCCCCCCCCCNC(C)=O. The lowest BCUT2D eigenvalue weighted by Crippen LogP contribution is -2.28. The first kappa shape index (κ1) is 39.4. The molecule has 0 spiro atoms. The summed E-state index contributed by atoms with van der Waals surface area (Å²) in [6.45, 7) is 4.18. The van der Waals surface area contributed by atoms with Crippen molar-refractivity contribution in [3.05, 3.63) is 0 Å². The van der Waals surface area contributed by atoms with Crippen LogP contribution in [-0.4, -0.2) is 48.8 Å². The molecule has 0 saturated heterocycles. The number of carbonyl (C=O) groups is 3. The minimum Gasteiger partial charge on any atom is -0.462 e. The third-order valence-electron chi connectivity index (χ3n) is 7.60. The summed E-state index contributed by atoms with van der Waals surface area (Å²) >= 11 is 0. The van der Waals surface area contributed by atoms with E-state index >= 15 is 0 Å². The van der Waals surface area contributed by atoms with Crippen LogP contribution in [0, 0.1) is 0 Å². The van der Waals surface area contributed by atoms with Crippen molar-refractivity contribution in [3.8, 4) is 0 Å². The number of esters is 2. The van der Waals surface area contributed by atoms with Crippen molar-refractivity contribution >= 4 is 17.8 Å². The van der Waals surface area contributed by atoms with Gasteiger partial charge < -0.3 is 19.9 Å². The third-order valence-corrected chi connectivity index (χ3v) is 7.60. The van der Waals surface area contributed by atoms with Crippen molar-refractivity contribution < 1.29 is 29.0 Å². The number of unbranched alkanes of at least 4 members (excludes halogenated alkanes) is 21. The highest BCUT2D eigenvalue weighted by molar-refractivity contribution is 5.72. The Kier molecular flexibility index (Phi) is 30.1. The van der Waals surface area contributed by atoms with Gasteiger partial charge in [0, 0.05) is 26.3 Å². The molecule has 1 atom stereocenters. The van der Waals surface area contributed by atoms with Crippen molar-refractivity contribution in [2.24, 2.45) is 0 Å². The Hall–Kier alpha value is -1.63. The molecule has 0 aromatic heterocycles. The summed E-state index contributed by atoms with van der Waals surface area (Å²) in [6, 6.07) is 0. The number of hydrogen-bond donors (Lipinski definition) is 2. The summed E-state index contributed by atoms with van der Waals surface area (Å²) in [7, 11) is 0. The predicted molar refractivity (Wildman–Crippen MR) is 168 cm³/mol. The average molecular weight is 584 g/mol. The molecule has 0 aliphatic carbocycles. The van der Waals surface area contributed by atoms with Crippen LogP contribution in [0.15, 0.2) is 0 Å². The molecule has 0 aromatic rings. The fourth-order valence-corrected chi connectivity index (χ4v) is 4.99. The molecule has 7 nitrogen and oxygen atoms in total. The molecular weight excluding hydrogens is 518 g/mol. The van der Waals surface area contributed by atoms with E-state index in [9.17, 15) is 19.5 Å². The van der Waals surface area contributed by atoms with Gasteiger partial charge in [-0.05, 0) is 19.3 Å². The van der Waals surface area contributed by atoms with Gasteiger partial charge in [-0.25, -0.2) is 0 Å². The Morgan fingerprint density at radius 1 is 0.585 bits per heavy atom. The number of aliphatic hydroxyl groups is 1. The molecular formula is C34H65NO6. The van der Waals surface area contributed by atoms with Crippen LogP contribution in [0.5, 0.6) is 0 Å². The summed E-state index contributed by atoms with van der Waals surface area (Å²) in [5.74, 6) is -0.566. The van der Waals surface area contributed by atoms with Crippen molar-refractivity contribution in [2.75, 3.05) is 19.8 Å². The van der Waals surface area contributed by atoms with Gasteiger partial charge in [-0.15, -0.1) is 0 Å². The van der Waals surface area contributed by atoms with Crippen molar-refractivity contribution in [1.82, 2.24) is 5.32 Å². The normalized spacial score (nSPS) is 11.8. The molecule has 0 bridgehead atoms. The van der Waals surface area contributed by atoms with Crippen LogP contribution in [0.1, 0.15) is 174 Å². The van der Waals surface area contributed by atoms with Crippen LogP contribution >= 0.6 is 0 Å². The number of nitrogens with one attached hydrogen (secondary N) is 1. The standard InChI is InChI=1S/C34H65NO6/c1-3-4-5-6-7-8-9-11-15-18-21-24-27-34(39)41-32(29-36)30-40-33(38)26-23-20-17-14-12-10-13-16-19-22-25-28-35-31(2)37/h32,36H,3-30H2,1-2H3,(H,35,37)/t32-/m1/s1. The first-order valence-electron chi connectivity index (χ1n) is 17.2. The van der Waals surface area contributed by atoms with Gasteiger partial charge in [-0.2, -0.15) is 0 Å². The molecule has 41 heavy (non-hydrogen) atoms. The fraction of sp³-hybridized carbons (Fsp3) is 0.912. The van der Waals surface area contributed by atoms with E-state index in [-0.39, 0.29) is 31.1 Å². The van der Waals surface area contributed by atoms with E-state index in [0.29, 0.717) is 12.8 Å². The van der Waals surface area contributed by atoms with Crippen LogP contribution in [0.3, 0.4) is 0 Å². The highest BCUT2D eigenvalue weighted by Gasteiger charge is 2.16. The second-order valence-electron chi connectivity index (χ2n) is 11.7. The summed E-state index contributed by atoms with van der Waals surface area (Å²) in [5.41, 5.74) is 0. The van der Waals surface area contributed by atoms with Gasteiger partial charge in [0.15, 0.2) is 6.10 Å². The lowest BCUT2D eigenvalue weighted by molar-refractivity contribution is -0.161. The second kappa shape index (κ2) is 31.3.